The Hall–Kier alpha value is 0.870. The molecule has 0 amide bonds. The van der Waals surface area contributed by atoms with Crippen molar-refractivity contribution in [2.75, 3.05) is 0 Å². The Labute approximate surface area is 76.8 Å². The summed E-state index contributed by atoms with van der Waals surface area (Å²) in [6.45, 7) is 2.12. The van der Waals surface area contributed by atoms with Crippen LogP contribution in [-0.4, -0.2) is 16.1 Å². The van der Waals surface area contributed by atoms with E-state index < -0.39 is 0 Å². The number of rotatable bonds is 0. The van der Waals surface area contributed by atoms with Crippen molar-refractivity contribution in [3.05, 3.63) is 0 Å². The smallest absolute Gasteiger partial charge is 0.0665 e. The van der Waals surface area contributed by atoms with Crippen molar-refractivity contribution in [3.63, 3.8) is 0 Å². The highest BCUT2D eigenvalue weighted by Gasteiger charge is 2.33. The molecule has 0 aromatic heterocycles. The van der Waals surface area contributed by atoms with Crippen LogP contribution in [-0.2, 0) is 0 Å². The van der Waals surface area contributed by atoms with Crippen molar-refractivity contribution in [3.8, 4) is 0 Å². The standard InChI is InChI=1S/C7H11Cl3/c1-4-2-3-5(8)7(10)6(4)9/h4-7H,2-3H2,1H3. The lowest BCUT2D eigenvalue weighted by molar-refractivity contribution is 0.402. The van der Waals surface area contributed by atoms with Crippen LogP contribution in [0.1, 0.15) is 19.8 Å². The fraction of sp³-hybridized carbons (Fsp3) is 1.00. The molecule has 1 fully saturated rings. The van der Waals surface area contributed by atoms with Gasteiger partial charge in [-0.1, -0.05) is 6.92 Å². The zero-order chi connectivity index (χ0) is 7.72. The predicted octanol–water partition coefficient (Wildman–Crippen LogP) is 3.24. The van der Waals surface area contributed by atoms with Gasteiger partial charge in [-0.15, -0.1) is 34.8 Å². The lowest BCUT2D eigenvalue weighted by atomic mass is 9.90. The predicted molar refractivity (Wildman–Crippen MR) is 47.3 cm³/mol. The van der Waals surface area contributed by atoms with Gasteiger partial charge in [0, 0.05) is 0 Å². The van der Waals surface area contributed by atoms with Crippen LogP contribution < -0.4 is 0 Å². The second kappa shape index (κ2) is 3.51. The largest absolute Gasteiger partial charge is 0.121 e. The average molecular weight is 202 g/mol. The van der Waals surface area contributed by atoms with E-state index in [0.29, 0.717) is 5.92 Å². The minimum absolute atomic E-state index is 0.0490. The lowest BCUT2D eigenvalue weighted by Gasteiger charge is -2.31. The van der Waals surface area contributed by atoms with Crippen molar-refractivity contribution in [1.29, 1.82) is 0 Å². The van der Waals surface area contributed by atoms with Crippen LogP contribution in [0.5, 0.6) is 0 Å². The molecule has 1 aliphatic carbocycles. The number of hydrogen-bond donors (Lipinski definition) is 0. The van der Waals surface area contributed by atoms with Gasteiger partial charge in [-0.2, -0.15) is 0 Å². The highest BCUT2D eigenvalue weighted by atomic mass is 35.5. The van der Waals surface area contributed by atoms with E-state index in [4.69, 9.17) is 34.8 Å². The third-order valence-corrected chi connectivity index (χ3v) is 4.12. The van der Waals surface area contributed by atoms with Gasteiger partial charge in [0.1, 0.15) is 0 Å². The molecule has 0 aromatic rings. The van der Waals surface area contributed by atoms with Gasteiger partial charge in [-0.3, -0.25) is 0 Å². The first kappa shape index (κ1) is 8.96. The van der Waals surface area contributed by atoms with Gasteiger partial charge in [0.05, 0.1) is 16.1 Å². The summed E-state index contributed by atoms with van der Waals surface area (Å²) in [5.74, 6) is 0.513. The monoisotopic (exact) mass is 200 g/mol. The molecule has 0 aliphatic heterocycles. The molecule has 0 saturated heterocycles. The molecule has 10 heavy (non-hydrogen) atoms. The van der Waals surface area contributed by atoms with E-state index in [1.807, 2.05) is 0 Å². The van der Waals surface area contributed by atoms with Gasteiger partial charge in [-0.05, 0) is 18.8 Å². The molecule has 0 nitrogen and oxygen atoms in total. The first-order chi connectivity index (χ1) is 4.63. The van der Waals surface area contributed by atoms with Crippen LogP contribution in [0, 0.1) is 5.92 Å². The molecule has 0 aromatic carbocycles. The van der Waals surface area contributed by atoms with Crippen LogP contribution in [0.15, 0.2) is 0 Å². The van der Waals surface area contributed by atoms with E-state index >= 15 is 0 Å². The van der Waals surface area contributed by atoms with Gasteiger partial charge >= 0.3 is 0 Å². The molecule has 4 atom stereocenters. The molecule has 1 rings (SSSR count). The van der Waals surface area contributed by atoms with E-state index in [1.54, 1.807) is 0 Å². The van der Waals surface area contributed by atoms with Crippen LogP contribution in [0.3, 0.4) is 0 Å². The van der Waals surface area contributed by atoms with Gasteiger partial charge in [0.15, 0.2) is 0 Å². The maximum atomic E-state index is 6.00. The Balaban J connectivity index is 2.52. The third kappa shape index (κ3) is 1.72. The van der Waals surface area contributed by atoms with Crippen molar-refractivity contribution in [2.45, 2.75) is 35.9 Å². The molecule has 0 N–H and O–H groups in total. The molecule has 4 unspecified atom stereocenters. The molecule has 60 valence electrons. The van der Waals surface area contributed by atoms with E-state index in [9.17, 15) is 0 Å². The summed E-state index contributed by atoms with van der Waals surface area (Å²) >= 11 is 17.9. The Morgan fingerprint density at radius 1 is 1.00 bits per heavy atom. The minimum atomic E-state index is -0.0490. The summed E-state index contributed by atoms with van der Waals surface area (Å²) < 4.78 is 0. The SMILES string of the molecule is CC1CCC(Cl)C(Cl)C1Cl. The molecule has 0 heterocycles. The maximum absolute atomic E-state index is 6.00. The summed E-state index contributed by atoms with van der Waals surface area (Å²) in [7, 11) is 0. The fourth-order valence-corrected chi connectivity index (χ4v) is 2.29. The first-order valence-electron chi connectivity index (χ1n) is 3.55. The fourth-order valence-electron chi connectivity index (χ4n) is 1.25. The summed E-state index contributed by atoms with van der Waals surface area (Å²) in [5.41, 5.74) is 0. The summed E-state index contributed by atoms with van der Waals surface area (Å²) in [4.78, 5) is 0. The Bertz CT molecular complexity index is 101. The minimum Gasteiger partial charge on any atom is -0.121 e. The topological polar surface area (TPSA) is 0 Å². The van der Waals surface area contributed by atoms with Crippen LogP contribution in [0.4, 0.5) is 0 Å². The highest BCUT2D eigenvalue weighted by molar-refractivity contribution is 6.35. The molecule has 1 saturated carbocycles. The normalized spacial score (nSPS) is 49.2. The van der Waals surface area contributed by atoms with E-state index in [0.717, 1.165) is 12.8 Å². The maximum Gasteiger partial charge on any atom is 0.0665 e. The lowest BCUT2D eigenvalue weighted by Crippen LogP contribution is -2.35. The first-order valence-corrected chi connectivity index (χ1v) is 4.86. The number of halogens is 3. The molecular weight excluding hydrogens is 190 g/mol. The molecule has 0 spiro atoms. The average Bonchev–Trinajstić information content (AvgIpc) is 1.93. The summed E-state index contributed by atoms with van der Waals surface area (Å²) in [6, 6.07) is 0. The zero-order valence-electron chi connectivity index (χ0n) is 5.86. The van der Waals surface area contributed by atoms with Crippen molar-refractivity contribution < 1.29 is 0 Å². The van der Waals surface area contributed by atoms with Gasteiger partial charge < -0.3 is 0 Å². The third-order valence-electron chi connectivity index (χ3n) is 2.09. The molecule has 0 bridgehead atoms. The Morgan fingerprint density at radius 3 is 2.10 bits per heavy atom. The Morgan fingerprint density at radius 2 is 1.60 bits per heavy atom. The second-order valence-electron chi connectivity index (χ2n) is 2.96. The molecule has 3 heteroatoms. The zero-order valence-corrected chi connectivity index (χ0v) is 8.13. The summed E-state index contributed by atoms with van der Waals surface area (Å²) in [5, 5.41) is 0.0744. The summed E-state index contributed by atoms with van der Waals surface area (Å²) in [6.07, 6.45) is 2.10. The molecular formula is C7H11Cl3. The van der Waals surface area contributed by atoms with Gasteiger partial charge in [0.2, 0.25) is 0 Å². The molecule has 0 radical (unpaired) electrons. The van der Waals surface area contributed by atoms with E-state index in [2.05, 4.69) is 6.92 Å². The van der Waals surface area contributed by atoms with Crippen molar-refractivity contribution >= 4 is 34.8 Å². The number of alkyl halides is 3. The van der Waals surface area contributed by atoms with Crippen LogP contribution in [0.25, 0.3) is 0 Å². The Kier molecular flexibility index (Phi) is 3.15. The van der Waals surface area contributed by atoms with Crippen molar-refractivity contribution in [1.82, 2.24) is 0 Å². The van der Waals surface area contributed by atoms with Gasteiger partial charge in [0.25, 0.3) is 0 Å². The van der Waals surface area contributed by atoms with E-state index in [-0.39, 0.29) is 16.1 Å². The molecule has 1 aliphatic rings. The quantitative estimate of drug-likeness (QED) is 0.528. The highest BCUT2D eigenvalue weighted by Crippen LogP contribution is 2.34. The van der Waals surface area contributed by atoms with Crippen LogP contribution in [0.2, 0.25) is 0 Å². The second-order valence-corrected chi connectivity index (χ2v) is 4.53. The number of hydrogen-bond acceptors (Lipinski definition) is 0. The van der Waals surface area contributed by atoms with Crippen LogP contribution >= 0.6 is 34.8 Å². The van der Waals surface area contributed by atoms with Crippen molar-refractivity contribution in [2.24, 2.45) is 5.92 Å². The van der Waals surface area contributed by atoms with E-state index in [1.165, 1.54) is 0 Å². The van der Waals surface area contributed by atoms with Gasteiger partial charge in [-0.25, -0.2) is 0 Å².